The third-order valence-electron chi connectivity index (χ3n) is 1.92. The highest BCUT2D eigenvalue weighted by Gasteiger charge is 2.49. The smallest absolute Gasteiger partial charge is 0.299 e. The summed E-state index contributed by atoms with van der Waals surface area (Å²) in [6.45, 7) is 0. The van der Waals surface area contributed by atoms with Crippen LogP contribution in [-0.2, 0) is 11.3 Å². The quantitative estimate of drug-likeness (QED) is 0.418. The van der Waals surface area contributed by atoms with Gasteiger partial charge < -0.3 is 4.55 Å². The Morgan fingerprint density at radius 2 is 1.79 bits per heavy atom. The zero-order chi connectivity index (χ0) is 14.7. The van der Waals surface area contributed by atoms with Gasteiger partial charge in [0.2, 0.25) is 3.67 Å². The monoisotopic (exact) mass is 384 g/mol. The van der Waals surface area contributed by atoms with E-state index in [1.165, 1.54) is 0 Å². The fourth-order valence-electron chi connectivity index (χ4n) is 1.02. The van der Waals surface area contributed by atoms with Crippen molar-refractivity contribution in [3.8, 4) is 0 Å². The van der Waals surface area contributed by atoms with Crippen LogP contribution in [0.2, 0.25) is 0 Å². The average Bonchev–Trinajstić information content (AvgIpc) is 2.28. The maximum absolute atomic E-state index is 13.3. The van der Waals surface area contributed by atoms with Crippen molar-refractivity contribution in [2.45, 2.75) is 8.25 Å². The fraction of sp³-hybridized carbons (Fsp3) is 0.333. The second kappa shape index (κ2) is 7.02. The molecule has 0 amide bonds. The minimum atomic E-state index is -2.92. The van der Waals surface area contributed by atoms with E-state index in [-0.39, 0.29) is 5.88 Å². The van der Waals surface area contributed by atoms with Crippen LogP contribution in [0.25, 0.3) is 0 Å². The number of thioether (sulfide) groups is 1. The summed E-state index contributed by atoms with van der Waals surface area (Å²) in [5, 5.41) is 0. The topological polar surface area (TPSA) is 43.4 Å². The van der Waals surface area contributed by atoms with Gasteiger partial charge in [0.25, 0.3) is 4.59 Å². The number of benzene rings is 1. The van der Waals surface area contributed by atoms with E-state index < -0.39 is 19.5 Å². The molecule has 0 aromatic heterocycles. The second-order valence-corrected chi connectivity index (χ2v) is 8.26. The van der Waals surface area contributed by atoms with E-state index in [1.54, 1.807) is 30.3 Å². The largest absolute Gasteiger partial charge is 0.755 e. The molecule has 0 aliphatic rings. The summed E-state index contributed by atoms with van der Waals surface area (Å²) < 4.78 is 31.4. The Bertz CT molecular complexity index is 444. The van der Waals surface area contributed by atoms with Crippen molar-refractivity contribution in [1.29, 1.82) is 0 Å². The molecule has 0 aliphatic carbocycles. The van der Waals surface area contributed by atoms with Crippen LogP contribution in [0.3, 0.4) is 0 Å². The highest BCUT2D eigenvalue weighted by atomic mass is 35.5. The Hall–Kier alpha value is 0.570. The third-order valence-corrected chi connectivity index (χ3v) is 6.17. The molecule has 0 aliphatic heterocycles. The second-order valence-electron chi connectivity index (χ2n) is 3.22. The van der Waals surface area contributed by atoms with Gasteiger partial charge in [-0.05, 0) is 12.1 Å². The molecule has 1 aromatic carbocycles. The van der Waals surface area contributed by atoms with Crippen molar-refractivity contribution >= 4 is 75.1 Å². The number of para-hydroxylation sites is 1. The standard InChI is InChI=1S/C9H8Cl4FNO2S2/c10-8(11,14)9(12,13)18-6-15(19(16)17)7-4-2-1-3-5-7/h1-5H,6H2,(H,16,17)/p-1. The van der Waals surface area contributed by atoms with Gasteiger partial charge >= 0.3 is 0 Å². The summed E-state index contributed by atoms with van der Waals surface area (Å²) in [5.74, 6) is -0.252. The van der Waals surface area contributed by atoms with Crippen LogP contribution in [0.15, 0.2) is 30.3 Å². The molecule has 1 aromatic rings. The Morgan fingerprint density at radius 3 is 2.21 bits per heavy atom. The van der Waals surface area contributed by atoms with Crippen molar-refractivity contribution in [2.24, 2.45) is 0 Å². The minimum Gasteiger partial charge on any atom is -0.755 e. The van der Waals surface area contributed by atoms with Crippen LogP contribution in [-0.4, -0.2) is 22.9 Å². The van der Waals surface area contributed by atoms with Gasteiger partial charge in [-0.3, -0.25) is 8.51 Å². The average molecular weight is 386 g/mol. The molecule has 0 fully saturated rings. The molecule has 3 nitrogen and oxygen atoms in total. The summed E-state index contributed by atoms with van der Waals surface area (Å²) in [4.78, 5) is 0. The van der Waals surface area contributed by atoms with Crippen molar-refractivity contribution in [3.63, 3.8) is 0 Å². The summed E-state index contributed by atoms with van der Waals surface area (Å²) in [5.41, 5.74) is 0.376. The van der Waals surface area contributed by atoms with E-state index in [2.05, 4.69) is 0 Å². The van der Waals surface area contributed by atoms with E-state index >= 15 is 0 Å². The van der Waals surface area contributed by atoms with E-state index in [0.29, 0.717) is 17.4 Å². The maximum atomic E-state index is 13.3. The van der Waals surface area contributed by atoms with E-state index in [4.69, 9.17) is 46.4 Å². The molecule has 19 heavy (non-hydrogen) atoms. The molecule has 0 bridgehead atoms. The fourth-order valence-corrected chi connectivity index (χ4v) is 3.03. The molecular weight excluding hydrogens is 379 g/mol. The van der Waals surface area contributed by atoms with Crippen LogP contribution in [0.4, 0.5) is 10.1 Å². The number of anilines is 1. The van der Waals surface area contributed by atoms with Gasteiger partial charge in [-0.15, -0.1) is 0 Å². The predicted octanol–water partition coefficient (Wildman–Crippen LogP) is 4.21. The molecule has 108 valence electrons. The summed E-state index contributed by atoms with van der Waals surface area (Å²) in [7, 11) is 0. The molecule has 0 heterocycles. The van der Waals surface area contributed by atoms with Gasteiger partial charge in [0.05, 0.1) is 5.88 Å². The lowest BCUT2D eigenvalue weighted by Gasteiger charge is -2.30. The predicted molar refractivity (Wildman–Crippen MR) is 80.3 cm³/mol. The summed E-state index contributed by atoms with van der Waals surface area (Å²) >= 11 is 19.5. The van der Waals surface area contributed by atoms with Gasteiger partial charge in [0.1, 0.15) is 0 Å². The highest BCUT2D eigenvalue weighted by Crippen LogP contribution is 2.51. The first kappa shape index (κ1) is 17.6. The highest BCUT2D eigenvalue weighted by molar-refractivity contribution is 8.04. The number of halogens is 5. The molecule has 0 N–H and O–H groups in total. The first-order valence-electron chi connectivity index (χ1n) is 4.65. The van der Waals surface area contributed by atoms with Crippen molar-refractivity contribution in [1.82, 2.24) is 0 Å². The van der Waals surface area contributed by atoms with E-state index in [0.717, 1.165) is 4.31 Å². The molecule has 1 atom stereocenters. The third kappa shape index (κ3) is 5.12. The molecule has 0 saturated carbocycles. The van der Waals surface area contributed by atoms with Crippen LogP contribution in [0.5, 0.6) is 0 Å². The molecule has 0 radical (unpaired) electrons. The molecule has 1 rings (SSSR count). The Labute approximate surface area is 136 Å². The van der Waals surface area contributed by atoms with Crippen LogP contribution in [0, 0.1) is 0 Å². The van der Waals surface area contributed by atoms with Gasteiger partial charge in [0, 0.05) is 17.0 Å². The Morgan fingerprint density at radius 1 is 1.26 bits per heavy atom. The maximum Gasteiger partial charge on any atom is 0.299 e. The Kier molecular flexibility index (Phi) is 6.51. The zero-order valence-electron chi connectivity index (χ0n) is 9.06. The number of nitrogens with zero attached hydrogens (tertiary/aromatic N) is 1. The SMILES string of the molecule is O=S([O-])N(CSC(Cl)(Cl)C(F)(Cl)Cl)c1ccccc1. The van der Waals surface area contributed by atoms with Gasteiger partial charge in [-0.25, -0.2) is 4.39 Å². The van der Waals surface area contributed by atoms with Crippen molar-refractivity contribution in [2.75, 3.05) is 10.2 Å². The van der Waals surface area contributed by atoms with Gasteiger partial charge in [0.15, 0.2) is 0 Å². The van der Waals surface area contributed by atoms with Gasteiger partial charge in [-0.1, -0.05) is 76.4 Å². The van der Waals surface area contributed by atoms with Gasteiger partial charge in [-0.2, -0.15) is 0 Å². The molecular formula is C9H7Cl4FNO2S2-. The van der Waals surface area contributed by atoms with Crippen LogP contribution >= 0.6 is 58.2 Å². The first-order chi connectivity index (χ1) is 8.65. The number of rotatable bonds is 6. The first-order valence-corrected chi connectivity index (χ1v) is 8.18. The van der Waals surface area contributed by atoms with Crippen molar-refractivity contribution in [3.05, 3.63) is 30.3 Å². The molecule has 10 heteroatoms. The number of alkyl halides is 5. The summed E-state index contributed by atoms with van der Waals surface area (Å²) in [6, 6.07) is 8.14. The van der Waals surface area contributed by atoms with E-state index in [1.807, 2.05) is 0 Å². The lowest BCUT2D eigenvalue weighted by atomic mass is 10.3. The Balaban J connectivity index is 2.80. The molecule has 1 unspecified atom stereocenters. The van der Waals surface area contributed by atoms with Crippen LogP contribution in [0.1, 0.15) is 0 Å². The lowest BCUT2D eigenvalue weighted by molar-refractivity contribution is 0.401. The lowest BCUT2D eigenvalue weighted by Crippen LogP contribution is -2.33. The van der Waals surface area contributed by atoms with Crippen molar-refractivity contribution < 1.29 is 13.2 Å². The minimum absolute atomic E-state index is 0.252. The normalized spacial score (nSPS) is 14.2. The van der Waals surface area contributed by atoms with Crippen LogP contribution < -0.4 is 4.31 Å². The zero-order valence-corrected chi connectivity index (χ0v) is 13.7. The molecule has 0 spiro atoms. The molecule has 0 saturated heterocycles. The number of hydrogen-bond donors (Lipinski definition) is 0. The summed E-state index contributed by atoms with van der Waals surface area (Å²) in [6.07, 6.45) is 0. The number of hydrogen-bond acceptors (Lipinski definition) is 3. The van der Waals surface area contributed by atoms with E-state index in [9.17, 15) is 13.2 Å².